The van der Waals surface area contributed by atoms with Crippen molar-refractivity contribution in [1.82, 2.24) is 0 Å². The summed E-state index contributed by atoms with van der Waals surface area (Å²) in [6.45, 7) is 2.10. The third-order valence-corrected chi connectivity index (χ3v) is 3.23. The van der Waals surface area contributed by atoms with E-state index in [1.54, 1.807) is 31.2 Å². The fourth-order valence-corrected chi connectivity index (χ4v) is 2.20. The Bertz CT molecular complexity index is 492. The first-order valence-corrected chi connectivity index (χ1v) is 6.80. The van der Waals surface area contributed by atoms with Gasteiger partial charge in [0.05, 0.1) is 18.1 Å². The first-order valence-electron chi connectivity index (χ1n) is 6.80. The van der Waals surface area contributed by atoms with Gasteiger partial charge in [-0.25, -0.2) is 4.79 Å². The van der Waals surface area contributed by atoms with Gasteiger partial charge in [-0.2, -0.15) is 0 Å². The summed E-state index contributed by atoms with van der Waals surface area (Å²) >= 11 is 0. The predicted octanol–water partition coefficient (Wildman–Crippen LogP) is 2.74. The predicted molar refractivity (Wildman–Crippen MR) is 74.1 cm³/mol. The highest BCUT2D eigenvalue weighted by molar-refractivity contribution is 5.89. The van der Waals surface area contributed by atoms with Gasteiger partial charge in [0, 0.05) is 6.42 Å². The number of carbonyl (C=O) groups is 2. The SMILES string of the molecule is CCOC(=O)C1CC=CCC1OC(=O)c1ccccc1. The standard InChI is InChI=1S/C16H18O4/c1-2-19-16(18)13-10-6-7-11-14(13)20-15(17)12-8-4-3-5-9-12/h3-9,13-14H,2,10-11H2,1H3. The molecule has 0 fully saturated rings. The Morgan fingerprint density at radius 2 is 1.85 bits per heavy atom. The van der Waals surface area contributed by atoms with Crippen LogP contribution in [0.2, 0.25) is 0 Å². The van der Waals surface area contributed by atoms with Gasteiger partial charge >= 0.3 is 11.9 Å². The summed E-state index contributed by atoms with van der Waals surface area (Å²) in [6, 6.07) is 8.78. The summed E-state index contributed by atoms with van der Waals surface area (Å²) in [6.07, 6.45) is 4.49. The Morgan fingerprint density at radius 3 is 2.55 bits per heavy atom. The van der Waals surface area contributed by atoms with Gasteiger partial charge in [-0.15, -0.1) is 0 Å². The molecule has 1 aromatic carbocycles. The molecule has 20 heavy (non-hydrogen) atoms. The van der Waals surface area contributed by atoms with Crippen LogP contribution in [0.15, 0.2) is 42.5 Å². The van der Waals surface area contributed by atoms with Crippen LogP contribution in [0.3, 0.4) is 0 Å². The van der Waals surface area contributed by atoms with E-state index in [-0.39, 0.29) is 5.97 Å². The number of carbonyl (C=O) groups excluding carboxylic acids is 2. The largest absolute Gasteiger partial charge is 0.466 e. The van der Waals surface area contributed by atoms with Gasteiger partial charge in [-0.1, -0.05) is 30.4 Å². The Kier molecular flexibility index (Phi) is 4.93. The van der Waals surface area contributed by atoms with E-state index in [4.69, 9.17) is 9.47 Å². The quantitative estimate of drug-likeness (QED) is 0.625. The summed E-state index contributed by atoms with van der Waals surface area (Å²) in [5, 5.41) is 0. The van der Waals surface area contributed by atoms with Crippen LogP contribution in [-0.2, 0) is 14.3 Å². The Hall–Kier alpha value is -2.10. The molecule has 0 N–H and O–H groups in total. The van der Waals surface area contributed by atoms with E-state index in [0.717, 1.165) is 0 Å². The molecule has 0 bridgehead atoms. The lowest BCUT2D eigenvalue weighted by molar-refractivity contribution is -0.152. The van der Waals surface area contributed by atoms with Gasteiger partial charge in [0.2, 0.25) is 0 Å². The smallest absolute Gasteiger partial charge is 0.338 e. The molecule has 4 nitrogen and oxygen atoms in total. The van der Waals surface area contributed by atoms with Gasteiger partial charge < -0.3 is 9.47 Å². The zero-order chi connectivity index (χ0) is 14.4. The average molecular weight is 274 g/mol. The number of esters is 2. The van der Waals surface area contributed by atoms with E-state index in [1.165, 1.54) is 0 Å². The van der Waals surface area contributed by atoms with E-state index in [1.807, 2.05) is 18.2 Å². The summed E-state index contributed by atoms with van der Waals surface area (Å²) < 4.78 is 10.5. The minimum atomic E-state index is -0.452. The third kappa shape index (κ3) is 3.47. The monoisotopic (exact) mass is 274 g/mol. The lowest BCUT2D eigenvalue weighted by Gasteiger charge is -2.26. The molecule has 1 aliphatic rings. The highest BCUT2D eigenvalue weighted by Gasteiger charge is 2.33. The van der Waals surface area contributed by atoms with Crippen molar-refractivity contribution in [1.29, 1.82) is 0 Å². The van der Waals surface area contributed by atoms with E-state index >= 15 is 0 Å². The molecular weight excluding hydrogens is 256 g/mol. The van der Waals surface area contributed by atoms with Gasteiger partial charge in [0.1, 0.15) is 6.10 Å². The Morgan fingerprint density at radius 1 is 1.15 bits per heavy atom. The molecule has 2 unspecified atom stereocenters. The summed E-state index contributed by atoms with van der Waals surface area (Å²) in [4.78, 5) is 23.9. The minimum Gasteiger partial charge on any atom is -0.466 e. The molecule has 1 aliphatic carbocycles. The fraction of sp³-hybridized carbons (Fsp3) is 0.375. The third-order valence-electron chi connectivity index (χ3n) is 3.23. The highest BCUT2D eigenvalue weighted by Crippen LogP contribution is 2.24. The van der Waals surface area contributed by atoms with Gasteiger partial charge in [-0.05, 0) is 25.5 Å². The molecule has 0 aliphatic heterocycles. The van der Waals surface area contributed by atoms with Crippen LogP contribution < -0.4 is 0 Å². The molecular formula is C16H18O4. The van der Waals surface area contributed by atoms with Crippen molar-refractivity contribution in [2.24, 2.45) is 5.92 Å². The Balaban J connectivity index is 2.04. The van der Waals surface area contributed by atoms with Crippen molar-refractivity contribution in [3.63, 3.8) is 0 Å². The minimum absolute atomic E-state index is 0.303. The van der Waals surface area contributed by atoms with Crippen molar-refractivity contribution in [2.75, 3.05) is 6.61 Å². The molecule has 1 aromatic rings. The van der Waals surface area contributed by atoms with E-state index in [9.17, 15) is 9.59 Å². The van der Waals surface area contributed by atoms with Crippen LogP contribution >= 0.6 is 0 Å². The molecule has 106 valence electrons. The van der Waals surface area contributed by atoms with Crippen molar-refractivity contribution in [3.8, 4) is 0 Å². The van der Waals surface area contributed by atoms with Crippen LogP contribution in [0.5, 0.6) is 0 Å². The topological polar surface area (TPSA) is 52.6 Å². The van der Waals surface area contributed by atoms with Crippen LogP contribution in [0, 0.1) is 5.92 Å². The van der Waals surface area contributed by atoms with Gasteiger partial charge in [0.15, 0.2) is 0 Å². The number of hydrogen-bond donors (Lipinski definition) is 0. The molecule has 0 radical (unpaired) electrons. The van der Waals surface area contributed by atoms with Crippen molar-refractivity contribution >= 4 is 11.9 Å². The van der Waals surface area contributed by atoms with Crippen LogP contribution in [0.4, 0.5) is 0 Å². The summed E-state index contributed by atoms with van der Waals surface area (Å²) in [7, 11) is 0. The van der Waals surface area contributed by atoms with Crippen molar-refractivity contribution < 1.29 is 19.1 Å². The highest BCUT2D eigenvalue weighted by atomic mass is 16.6. The second kappa shape index (κ2) is 6.89. The molecule has 0 spiro atoms. The maximum Gasteiger partial charge on any atom is 0.338 e. The second-order valence-corrected chi connectivity index (χ2v) is 4.61. The number of hydrogen-bond acceptors (Lipinski definition) is 4. The number of allylic oxidation sites excluding steroid dienone is 1. The molecule has 2 rings (SSSR count). The fourth-order valence-electron chi connectivity index (χ4n) is 2.20. The molecule has 0 heterocycles. The van der Waals surface area contributed by atoms with E-state index in [2.05, 4.69) is 0 Å². The summed E-state index contributed by atoms with van der Waals surface area (Å²) in [5.74, 6) is -1.12. The normalized spacial score (nSPS) is 21.2. The van der Waals surface area contributed by atoms with Crippen LogP contribution in [0.25, 0.3) is 0 Å². The molecule has 0 saturated carbocycles. The zero-order valence-electron chi connectivity index (χ0n) is 11.5. The van der Waals surface area contributed by atoms with Crippen LogP contribution in [0.1, 0.15) is 30.1 Å². The maximum atomic E-state index is 12.0. The second-order valence-electron chi connectivity index (χ2n) is 4.61. The van der Waals surface area contributed by atoms with Gasteiger partial charge in [0.25, 0.3) is 0 Å². The van der Waals surface area contributed by atoms with Crippen LogP contribution in [-0.4, -0.2) is 24.6 Å². The average Bonchev–Trinajstić information content (AvgIpc) is 2.49. The molecule has 2 atom stereocenters. The molecule has 0 amide bonds. The lowest BCUT2D eigenvalue weighted by atomic mass is 9.91. The Labute approximate surface area is 118 Å². The first-order chi connectivity index (χ1) is 9.72. The van der Waals surface area contributed by atoms with E-state index in [0.29, 0.717) is 25.0 Å². The lowest BCUT2D eigenvalue weighted by Crippen LogP contribution is -2.35. The molecule has 4 heteroatoms. The summed E-state index contributed by atoms with van der Waals surface area (Å²) in [5.41, 5.74) is 0.490. The number of benzene rings is 1. The number of rotatable bonds is 4. The van der Waals surface area contributed by atoms with Gasteiger partial charge in [-0.3, -0.25) is 4.79 Å². The first kappa shape index (κ1) is 14.3. The zero-order valence-corrected chi connectivity index (χ0v) is 11.5. The maximum absolute atomic E-state index is 12.0. The van der Waals surface area contributed by atoms with Crippen molar-refractivity contribution in [3.05, 3.63) is 48.0 Å². The van der Waals surface area contributed by atoms with Crippen molar-refractivity contribution in [2.45, 2.75) is 25.9 Å². The van der Waals surface area contributed by atoms with E-state index < -0.39 is 18.0 Å². The number of ether oxygens (including phenoxy) is 2. The molecule has 0 aromatic heterocycles. The molecule has 0 saturated heterocycles.